The molecule has 1 aromatic rings. The van der Waals surface area contributed by atoms with E-state index in [-0.39, 0.29) is 18.1 Å². The van der Waals surface area contributed by atoms with E-state index < -0.39 is 0 Å². The van der Waals surface area contributed by atoms with Gasteiger partial charge < -0.3 is 14.6 Å². The molecule has 0 spiro atoms. The highest BCUT2D eigenvalue weighted by Gasteiger charge is 2.24. The summed E-state index contributed by atoms with van der Waals surface area (Å²) in [6, 6.07) is 0.183. The molecule has 2 heterocycles. The molecule has 1 N–H and O–H groups in total. The predicted molar refractivity (Wildman–Crippen MR) is 72.9 cm³/mol. The molecule has 1 aromatic heterocycles. The van der Waals surface area contributed by atoms with Crippen LogP contribution < -0.4 is 5.32 Å². The van der Waals surface area contributed by atoms with Gasteiger partial charge >= 0.3 is 0 Å². The average molecular weight is 265 g/mol. The first-order valence-electron chi connectivity index (χ1n) is 7.08. The summed E-state index contributed by atoms with van der Waals surface area (Å²) in [6.07, 6.45) is 4.31. The summed E-state index contributed by atoms with van der Waals surface area (Å²) < 4.78 is 7.58. The molecule has 0 unspecified atom stereocenters. The van der Waals surface area contributed by atoms with E-state index in [2.05, 4.69) is 14.9 Å². The topological polar surface area (TPSA) is 56.1 Å². The molecular weight excluding hydrogens is 242 g/mol. The van der Waals surface area contributed by atoms with Gasteiger partial charge in [0.05, 0.1) is 5.69 Å². The molecule has 1 amide bonds. The normalized spacial score (nSPS) is 19.8. The summed E-state index contributed by atoms with van der Waals surface area (Å²) in [6.45, 7) is 7.27. The highest BCUT2D eigenvalue weighted by molar-refractivity contribution is 5.81. The zero-order valence-electron chi connectivity index (χ0n) is 12.0. The Kier molecular flexibility index (Phi) is 4.58. The lowest BCUT2D eigenvalue weighted by atomic mass is 10.1. The Morgan fingerprint density at radius 1 is 1.63 bits per heavy atom. The molecule has 0 radical (unpaired) electrons. The van der Waals surface area contributed by atoms with E-state index in [1.807, 2.05) is 27.0 Å². The Balaban J connectivity index is 1.92. The average Bonchev–Trinajstić information content (AvgIpc) is 2.75. The zero-order valence-corrected chi connectivity index (χ0v) is 12.0. The SMILES string of the molecule is CCO[C@@H](CC)C(=O)N[C@@H]1CCc2nc(C)cn2C1. The first-order valence-corrected chi connectivity index (χ1v) is 7.08. The van der Waals surface area contributed by atoms with Crippen LogP contribution in [0.4, 0.5) is 0 Å². The van der Waals surface area contributed by atoms with Gasteiger partial charge in [-0.15, -0.1) is 0 Å². The van der Waals surface area contributed by atoms with Crippen molar-refractivity contribution in [1.29, 1.82) is 0 Å². The van der Waals surface area contributed by atoms with Crippen LogP contribution in [0.2, 0.25) is 0 Å². The van der Waals surface area contributed by atoms with Crippen molar-refractivity contribution in [2.45, 2.75) is 58.7 Å². The van der Waals surface area contributed by atoms with E-state index in [9.17, 15) is 4.79 Å². The van der Waals surface area contributed by atoms with E-state index in [1.165, 1.54) is 0 Å². The minimum atomic E-state index is -0.323. The summed E-state index contributed by atoms with van der Waals surface area (Å²) in [4.78, 5) is 16.6. The first kappa shape index (κ1) is 14.1. The monoisotopic (exact) mass is 265 g/mol. The lowest BCUT2D eigenvalue weighted by Crippen LogP contribution is -2.45. The third kappa shape index (κ3) is 3.35. The van der Waals surface area contributed by atoms with Crippen molar-refractivity contribution in [3.63, 3.8) is 0 Å². The van der Waals surface area contributed by atoms with Gasteiger partial charge in [0.15, 0.2) is 0 Å². The first-order chi connectivity index (χ1) is 9.13. The molecule has 2 rings (SSSR count). The van der Waals surface area contributed by atoms with E-state index in [0.29, 0.717) is 13.0 Å². The Morgan fingerprint density at radius 2 is 2.42 bits per heavy atom. The van der Waals surface area contributed by atoms with Crippen LogP contribution in [0.3, 0.4) is 0 Å². The lowest BCUT2D eigenvalue weighted by molar-refractivity contribution is -0.133. The van der Waals surface area contributed by atoms with Crippen LogP contribution in [-0.4, -0.2) is 34.2 Å². The molecule has 1 aliphatic heterocycles. The van der Waals surface area contributed by atoms with E-state index in [4.69, 9.17) is 4.74 Å². The number of hydrogen-bond donors (Lipinski definition) is 1. The summed E-state index contributed by atoms with van der Waals surface area (Å²) in [5.74, 6) is 1.13. The summed E-state index contributed by atoms with van der Waals surface area (Å²) >= 11 is 0. The fraction of sp³-hybridized carbons (Fsp3) is 0.714. The Hall–Kier alpha value is -1.36. The number of aromatic nitrogens is 2. The number of fused-ring (bicyclic) bond motifs is 1. The minimum Gasteiger partial charge on any atom is -0.369 e. The molecule has 0 aliphatic carbocycles. The zero-order chi connectivity index (χ0) is 13.8. The van der Waals surface area contributed by atoms with Crippen molar-refractivity contribution in [1.82, 2.24) is 14.9 Å². The molecule has 0 bridgehead atoms. The van der Waals surface area contributed by atoms with Crippen LogP contribution in [-0.2, 0) is 22.5 Å². The number of ether oxygens (including phenoxy) is 1. The smallest absolute Gasteiger partial charge is 0.249 e. The van der Waals surface area contributed by atoms with Crippen molar-refractivity contribution in [2.24, 2.45) is 0 Å². The van der Waals surface area contributed by atoms with Crippen molar-refractivity contribution >= 4 is 5.91 Å². The van der Waals surface area contributed by atoms with Crippen molar-refractivity contribution in [3.05, 3.63) is 17.7 Å². The third-order valence-electron chi connectivity index (χ3n) is 3.49. The Labute approximate surface area is 114 Å². The third-order valence-corrected chi connectivity index (χ3v) is 3.49. The minimum absolute atomic E-state index is 0.00892. The fourth-order valence-electron chi connectivity index (χ4n) is 2.58. The van der Waals surface area contributed by atoms with E-state index in [0.717, 1.165) is 30.9 Å². The van der Waals surface area contributed by atoms with Gasteiger partial charge in [-0.2, -0.15) is 0 Å². The fourth-order valence-corrected chi connectivity index (χ4v) is 2.58. The second-order valence-electron chi connectivity index (χ2n) is 5.05. The Bertz CT molecular complexity index is 442. The van der Waals surface area contributed by atoms with Crippen LogP contribution in [0.25, 0.3) is 0 Å². The maximum Gasteiger partial charge on any atom is 0.249 e. The molecule has 5 heteroatoms. The van der Waals surface area contributed by atoms with Crippen LogP contribution >= 0.6 is 0 Å². The number of nitrogens with one attached hydrogen (secondary N) is 1. The van der Waals surface area contributed by atoms with Gasteiger partial charge in [-0.1, -0.05) is 6.92 Å². The van der Waals surface area contributed by atoms with Gasteiger partial charge in [0, 0.05) is 31.8 Å². The van der Waals surface area contributed by atoms with Gasteiger partial charge in [0.25, 0.3) is 0 Å². The molecule has 1 aliphatic rings. The molecule has 0 aromatic carbocycles. The highest BCUT2D eigenvalue weighted by atomic mass is 16.5. The van der Waals surface area contributed by atoms with Gasteiger partial charge in [0.1, 0.15) is 11.9 Å². The van der Waals surface area contributed by atoms with Gasteiger partial charge in [0.2, 0.25) is 5.91 Å². The quantitative estimate of drug-likeness (QED) is 0.876. The number of carbonyl (C=O) groups is 1. The highest BCUT2D eigenvalue weighted by Crippen LogP contribution is 2.15. The van der Waals surface area contributed by atoms with Crippen LogP contribution in [0.5, 0.6) is 0 Å². The lowest BCUT2D eigenvalue weighted by Gasteiger charge is -2.26. The van der Waals surface area contributed by atoms with Gasteiger partial charge in [-0.3, -0.25) is 4.79 Å². The Morgan fingerprint density at radius 3 is 3.11 bits per heavy atom. The molecule has 0 saturated heterocycles. The number of imidazole rings is 1. The number of rotatable bonds is 5. The number of amides is 1. The van der Waals surface area contributed by atoms with E-state index >= 15 is 0 Å². The summed E-state index contributed by atoms with van der Waals surface area (Å²) in [5.41, 5.74) is 1.04. The van der Waals surface area contributed by atoms with Crippen LogP contribution in [0.15, 0.2) is 6.20 Å². The molecular formula is C14H23N3O2. The number of hydrogen-bond acceptors (Lipinski definition) is 3. The molecule has 5 nitrogen and oxygen atoms in total. The van der Waals surface area contributed by atoms with Gasteiger partial charge in [-0.25, -0.2) is 4.98 Å². The number of nitrogens with zero attached hydrogens (tertiary/aromatic N) is 2. The maximum atomic E-state index is 12.1. The maximum absolute atomic E-state index is 12.1. The molecule has 0 fully saturated rings. The van der Waals surface area contributed by atoms with Crippen molar-refractivity contribution < 1.29 is 9.53 Å². The number of carbonyl (C=O) groups excluding carboxylic acids is 1. The largest absolute Gasteiger partial charge is 0.369 e. The summed E-state index contributed by atoms with van der Waals surface area (Å²) in [5, 5.41) is 3.09. The van der Waals surface area contributed by atoms with E-state index in [1.54, 1.807) is 0 Å². The standard InChI is InChI=1S/C14H23N3O2/c1-4-12(19-5-2)14(18)16-11-6-7-13-15-10(3)8-17(13)9-11/h8,11-12H,4-7,9H2,1-3H3,(H,16,18)/t11-,12+/m1/s1. The molecule has 2 atom stereocenters. The molecule has 106 valence electrons. The predicted octanol–water partition coefficient (Wildman–Crippen LogP) is 1.44. The van der Waals surface area contributed by atoms with Crippen molar-refractivity contribution in [2.75, 3.05) is 6.61 Å². The summed E-state index contributed by atoms with van der Waals surface area (Å²) in [7, 11) is 0. The second kappa shape index (κ2) is 6.19. The van der Waals surface area contributed by atoms with Crippen LogP contribution in [0.1, 0.15) is 38.2 Å². The second-order valence-corrected chi connectivity index (χ2v) is 5.05. The van der Waals surface area contributed by atoms with Gasteiger partial charge in [-0.05, 0) is 26.7 Å². The molecule has 0 saturated carbocycles. The van der Waals surface area contributed by atoms with Crippen molar-refractivity contribution in [3.8, 4) is 0 Å². The number of aryl methyl sites for hydroxylation is 2. The molecule has 19 heavy (non-hydrogen) atoms. The van der Waals surface area contributed by atoms with Crippen LogP contribution in [0, 0.1) is 6.92 Å².